The molecule has 0 spiro atoms. The van der Waals surface area contributed by atoms with Crippen LogP contribution in [0.15, 0.2) is 23.2 Å². The third-order valence-electron chi connectivity index (χ3n) is 11.8. The average molecular weight is 1220 g/mol. The van der Waals surface area contributed by atoms with Gasteiger partial charge in [0.2, 0.25) is 0 Å². The molecule has 2 aromatic heterocycles. The fraction of sp³-hybridized carbons (Fsp3) is 0.725. The fourth-order valence-corrected chi connectivity index (χ4v) is 20.8. The number of aromatic nitrogens is 4. The number of rotatable bonds is 5. The number of esters is 1. The molecule has 2 aromatic rings. The lowest BCUT2D eigenvalue weighted by atomic mass is 10.2. The molecule has 0 saturated carbocycles. The predicted molar refractivity (Wildman–Crippen MR) is 309 cm³/mol. The second-order valence-electron chi connectivity index (χ2n) is 27.0. The Hall–Kier alpha value is -4.67. The lowest BCUT2D eigenvalue weighted by Gasteiger charge is -2.28. The SMILES string of the molecule is CC(C)(C)OC(=O)N1C[Si](C)(C)C[C@H]1C=O.CC(C)(C)OC(=O)N1C[Si](C)(C)C[C@H]1c1ncc(Br)[nH]1.CC(C)(C)OC(=O)N1C[Si](C)(C)C[C@H]1c1ncc[nH]1.COC(=O)[C@@H]1C[Si](C)(C)CN1C(=O)OC(C)(C)C.O=CC=O. The number of hydrogen-bond donors (Lipinski definition) is 2. The van der Waals surface area contributed by atoms with Crippen LogP contribution >= 0.6 is 15.9 Å². The molecule has 0 bridgehead atoms. The molecule has 0 aromatic carbocycles. The molecule has 0 aliphatic carbocycles. The van der Waals surface area contributed by atoms with Gasteiger partial charge in [0.1, 0.15) is 51.0 Å². The summed E-state index contributed by atoms with van der Waals surface area (Å²) in [5.74, 6) is 1.35. The van der Waals surface area contributed by atoms with Gasteiger partial charge in [0, 0.05) is 37.1 Å². The van der Waals surface area contributed by atoms with Gasteiger partial charge in [-0.15, -0.1) is 0 Å². The van der Waals surface area contributed by atoms with Gasteiger partial charge < -0.3 is 53.1 Å². The molecule has 2 N–H and O–H groups in total. The summed E-state index contributed by atoms with van der Waals surface area (Å²) in [7, 11) is -4.46. The van der Waals surface area contributed by atoms with Gasteiger partial charge in [-0.2, -0.15) is 0 Å². The second kappa shape index (κ2) is 27.0. The number of aromatic amines is 2. The van der Waals surface area contributed by atoms with Crippen LogP contribution in [-0.4, -0.2) is 187 Å². The molecule has 4 fully saturated rings. The van der Waals surface area contributed by atoms with E-state index in [9.17, 15) is 28.8 Å². The van der Waals surface area contributed by atoms with Crippen molar-refractivity contribution in [2.75, 3.05) is 31.8 Å². The normalized spacial score (nSPS) is 21.9. The van der Waals surface area contributed by atoms with Crippen molar-refractivity contribution in [2.45, 2.75) is 206 Å². The first-order chi connectivity index (χ1) is 34.9. The van der Waals surface area contributed by atoms with Crippen LogP contribution in [0, 0.1) is 0 Å². The van der Waals surface area contributed by atoms with Crippen molar-refractivity contribution < 1.29 is 62.0 Å². The zero-order chi connectivity index (χ0) is 59.5. The van der Waals surface area contributed by atoms with E-state index >= 15 is 0 Å². The van der Waals surface area contributed by atoms with Gasteiger partial charge in [-0.3, -0.25) is 14.5 Å². The maximum atomic E-state index is 12.4. The standard InChI is InChI=1S/C13H22BrN3O2Si.C13H23N3O2Si.C12H23NO4Si.C11H21NO3Si.C2H2O2/c1-13(2,3)19-12(18)17-8-20(4,5)7-9(17)11-15-6-10(14)16-11;1-13(2,3)18-12(17)16-9-19(4,5)8-10(16)11-14-6-7-15-11;1-12(2,3)17-11(15)13-8-18(5,6)7-9(13)10(14)16-4;1-11(2,3)15-10(14)12-8-16(4,5)7-9(12)6-13;3-1-2-4/h6,9H,7-8H2,1-5H3,(H,15,16);6-7,10H,8-9H2,1-5H3,(H,14,15);9H,7-8H2,1-6H3;6,9H,7-8H2,1-5H3;1-2H/t9-;10-;2*9-;/m0001./s1. The van der Waals surface area contributed by atoms with Crippen LogP contribution in [0.3, 0.4) is 0 Å². The van der Waals surface area contributed by atoms with E-state index in [1.807, 2.05) is 92.9 Å². The Kier molecular flexibility index (Phi) is 24.0. The molecule has 6 rings (SSSR count). The zero-order valence-electron chi connectivity index (χ0n) is 49.8. The number of nitrogens with one attached hydrogen (secondary N) is 2. The van der Waals surface area contributed by atoms with E-state index in [4.69, 9.17) is 33.3 Å². The largest absolute Gasteiger partial charge is 0.467 e. The maximum absolute atomic E-state index is 12.4. The van der Waals surface area contributed by atoms with E-state index in [-0.39, 0.29) is 54.9 Å². The predicted octanol–water partition coefficient (Wildman–Crippen LogP) is 10.1. The van der Waals surface area contributed by atoms with E-state index in [1.165, 1.54) is 12.0 Å². The molecule has 4 amide bonds. The van der Waals surface area contributed by atoms with Gasteiger partial charge in [-0.1, -0.05) is 52.4 Å². The molecule has 4 aliphatic heterocycles. The summed E-state index contributed by atoms with van der Waals surface area (Å²) >= 11 is 3.37. The van der Waals surface area contributed by atoms with Crippen LogP contribution in [0.4, 0.5) is 19.2 Å². The highest BCUT2D eigenvalue weighted by atomic mass is 79.9. The van der Waals surface area contributed by atoms with Crippen LogP contribution in [0.25, 0.3) is 0 Å². The summed E-state index contributed by atoms with van der Waals surface area (Å²) in [5.41, 5.74) is -1.98. The molecule has 21 nitrogen and oxygen atoms in total. The molecule has 6 heterocycles. The molecular weight excluding hydrogens is 1120 g/mol. The number of nitrogens with zero attached hydrogens (tertiary/aromatic N) is 6. The first-order valence-electron chi connectivity index (χ1n) is 26.0. The number of halogens is 1. The van der Waals surface area contributed by atoms with Crippen molar-refractivity contribution in [1.29, 1.82) is 0 Å². The van der Waals surface area contributed by atoms with Crippen molar-refractivity contribution in [1.82, 2.24) is 39.5 Å². The van der Waals surface area contributed by atoms with E-state index in [0.717, 1.165) is 59.1 Å². The summed E-state index contributed by atoms with van der Waals surface area (Å²) in [6.07, 6.45) is 8.26. The summed E-state index contributed by atoms with van der Waals surface area (Å²) < 4.78 is 27.3. The number of ether oxygens (including phenoxy) is 5. The molecule has 4 aliphatic rings. The first kappa shape index (κ1) is 68.4. The van der Waals surface area contributed by atoms with Crippen molar-refractivity contribution in [2.24, 2.45) is 0 Å². The highest BCUT2D eigenvalue weighted by Gasteiger charge is 2.48. The minimum atomic E-state index is -1.56. The Labute approximate surface area is 469 Å². The number of imidazole rings is 2. The van der Waals surface area contributed by atoms with Gasteiger partial charge >= 0.3 is 30.3 Å². The fourth-order valence-electron chi connectivity index (χ4n) is 9.08. The molecule has 4 saturated heterocycles. The first-order valence-corrected chi connectivity index (χ1v) is 40.4. The van der Waals surface area contributed by atoms with Gasteiger partial charge in [-0.25, -0.2) is 33.9 Å². The second-order valence-corrected chi connectivity index (χ2v) is 48.1. The summed E-state index contributed by atoms with van der Waals surface area (Å²) in [4.78, 5) is 111. The molecule has 0 radical (unpaired) electrons. The number of hydrogen-bond acceptors (Lipinski definition) is 15. The Morgan fingerprint density at radius 1 is 0.558 bits per heavy atom. The topological polar surface area (TPSA) is 253 Å². The van der Waals surface area contributed by atoms with E-state index in [2.05, 4.69) is 88.2 Å². The van der Waals surface area contributed by atoms with Crippen LogP contribution in [-0.2, 0) is 42.9 Å². The zero-order valence-corrected chi connectivity index (χ0v) is 55.4. The van der Waals surface area contributed by atoms with Crippen LogP contribution in [0.1, 0.15) is 107 Å². The molecular formula is C51H91BrN8O13Si4. The lowest BCUT2D eigenvalue weighted by molar-refractivity contribution is -0.145. The number of amides is 4. The summed E-state index contributed by atoms with van der Waals surface area (Å²) in [5, 5.41) is 0. The molecule has 77 heavy (non-hydrogen) atoms. The van der Waals surface area contributed by atoms with Crippen LogP contribution in [0.5, 0.6) is 0 Å². The number of aldehydes is 3. The number of carbonyl (C=O) groups is 8. The molecule has 4 atom stereocenters. The van der Waals surface area contributed by atoms with Crippen molar-refractivity contribution in [3.05, 3.63) is 34.8 Å². The van der Waals surface area contributed by atoms with Gasteiger partial charge in [0.15, 0.2) is 12.6 Å². The van der Waals surface area contributed by atoms with Gasteiger partial charge in [0.05, 0.1) is 63.7 Å². The highest BCUT2D eigenvalue weighted by molar-refractivity contribution is 9.10. The Bertz CT molecular complexity index is 2320. The third kappa shape index (κ3) is 23.7. The van der Waals surface area contributed by atoms with E-state index < -0.39 is 66.8 Å². The van der Waals surface area contributed by atoms with Crippen molar-refractivity contribution in [3.63, 3.8) is 0 Å². The minimum absolute atomic E-state index is 0.00202. The number of methoxy groups -OCH3 is 1. The van der Waals surface area contributed by atoms with E-state index in [0.29, 0.717) is 12.3 Å². The number of H-pyrrole nitrogens is 2. The van der Waals surface area contributed by atoms with Crippen molar-refractivity contribution >= 4 is 97.4 Å². The van der Waals surface area contributed by atoms with Crippen molar-refractivity contribution in [3.8, 4) is 0 Å². The Morgan fingerprint density at radius 3 is 1.27 bits per heavy atom. The highest BCUT2D eigenvalue weighted by Crippen LogP contribution is 2.39. The summed E-state index contributed by atoms with van der Waals surface area (Å²) in [6, 6.07) is 2.88. The Morgan fingerprint density at radius 2 is 0.922 bits per heavy atom. The Balaban J connectivity index is 0.000000344. The monoisotopic (exact) mass is 1210 g/mol. The average Bonchev–Trinajstić information content (AvgIpc) is 4.12. The third-order valence-corrected chi connectivity index (χ3v) is 23.0. The quantitative estimate of drug-likeness (QED) is 0.0928. The number of carbonyl (C=O) groups excluding carboxylic acids is 8. The minimum Gasteiger partial charge on any atom is -0.467 e. The maximum Gasteiger partial charge on any atom is 0.410 e. The van der Waals surface area contributed by atoms with Crippen LogP contribution in [0.2, 0.25) is 76.6 Å². The van der Waals surface area contributed by atoms with Gasteiger partial charge in [-0.05, 0) is 123 Å². The summed E-state index contributed by atoms with van der Waals surface area (Å²) in [6.45, 7) is 40.2. The lowest BCUT2D eigenvalue weighted by Crippen LogP contribution is -2.44. The smallest absolute Gasteiger partial charge is 0.410 e. The van der Waals surface area contributed by atoms with Gasteiger partial charge in [0.25, 0.3) is 0 Å². The molecule has 26 heteroatoms. The molecule has 0 unspecified atom stereocenters. The van der Waals surface area contributed by atoms with E-state index in [1.54, 1.807) is 23.5 Å². The van der Waals surface area contributed by atoms with Crippen LogP contribution < -0.4 is 0 Å². The molecule has 436 valence electrons.